The highest BCUT2D eigenvalue weighted by Crippen LogP contribution is 2.35. The van der Waals surface area contributed by atoms with Gasteiger partial charge in [0.15, 0.2) is 11.5 Å². The average molecular weight is 306 g/mol. The maximum Gasteiger partial charge on any atom is 0.169 e. The first-order valence-electron chi connectivity index (χ1n) is 6.96. The first-order valence-corrected chi connectivity index (χ1v) is 7.34. The van der Waals surface area contributed by atoms with E-state index in [-0.39, 0.29) is 0 Å². The lowest BCUT2D eigenvalue weighted by Crippen LogP contribution is -2.07. The van der Waals surface area contributed by atoms with E-state index in [0.29, 0.717) is 17.3 Å². The van der Waals surface area contributed by atoms with Gasteiger partial charge in [-0.2, -0.15) is 0 Å². The molecule has 2 rings (SSSR count). The summed E-state index contributed by atoms with van der Waals surface area (Å²) < 4.78 is 11.4. The van der Waals surface area contributed by atoms with E-state index in [0.717, 1.165) is 23.5 Å². The van der Waals surface area contributed by atoms with Crippen LogP contribution in [0.4, 0.5) is 0 Å². The molecule has 4 heteroatoms. The molecule has 0 fully saturated rings. The molecule has 112 valence electrons. The van der Waals surface area contributed by atoms with Crippen LogP contribution in [0, 0.1) is 0 Å². The third-order valence-corrected chi connectivity index (χ3v) is 3.64. The van der Waals surface area contributed by atoms with Crippen molar-refractivity contribution in [3.63, 3.8) is 0 Å². The largest absolute Gasteiger partial charge is 0.493 e. The number of rotatable bonds is 6. The quantitative estimate of drug-likeness (QED) is 0.857. The average Bonchev–Trinajstić information content (AvgIpc) is 2.51. The van der Waals surface area contributed by atoms with Gasteiger partial charge in [0.05, 0.1) is 7.11 Å². The van der Waals surface area contributed by atoms with E-state index in [9.17, 15) is 0 Å². The predicted molar refractivity (Wildman–Crippen MR) is 86.7 cm³/mol. The summed E-state index contributed by atoms with van der Waals surface area (Å²) in [5.41, 5.74) is 2.14. The van der Waals surface area contributed by atoms with E-state index >= 15 is 0 Å². The van der Waals surface area contributed by atoms with Gasteiger partial charge in [-0.05, 0) is 43.3 Å². The summed E-state index contributed by atoms with van der Waals surface area (Å²) in [6, 6.07) is 11.6. The molecular formula is C17H20ClNO2. The van der Waals surface area contributed by atoms with Crippen LogP contribution < -0.4 is 14.8 Å². The Balaban J connectivity index is 2.36. The Hall–Kier alpha value is -1.71. The molecule has 0 saturated carbocycles. The Morgan fingerprint density at radius 2 is 1.90 bits per heavy atom. The standard InChI is InChI=1S/C17H20ClNO2/c1-4-12-8-9-16(17(10-12)20-3)21-15-7-5-6-14(18)13(15)11-19-2/h5-10,19H,4,11H2,1-3H3. The van der Waals surface area contributed by atoms with Crippen LogP contribution in [0.15, 0.2) is 36.4 Å². The van der Waals surface area contributed by atoms with Gasteiger partial charge < -0.3 is 14.8 Å². The Morgan fingerprint density at radius 1 is 1.10 bits per heavy atom. The van der Waals surface area contributed by atoms with Crippen molar-refractivity contribution in [2.24, 2.45) is 0 Å². The highest BCUT2D eigenvalue weighted by molar-refractivity contribution is 6.31. The number of hydrogen-bond donors (Lipinski definition) is 1. The topological polar surface area (TPSA) is 30.5 Å². The van der Waals surface area contributed by atoms with Crippen molar-refractivity contribution >= 4 is 11.6 Å². The molecule has 0 atom stereocenters. The number of hydrogen-bond acceptors (Lipinski definition) is 3. The van der Waals surface area contributed by atoms with Crippen LogP contribution in [0.3, 0.4) is 0 Å². The summed E-state index contributed by atoms with van der Waals surface area (Å²) in [4.78, 5) is 0. The van der Waals surface area contributed by atoms with Crippen molar-refractivity contribution in [3.05, 3.63) is 52.5 Å². The van der Waals surface area contributed by atoms with Crippen molar-refractivity contribution in [2.75, 3.05) is 14.2 Å². The lowest BCUT2D eigenvalue weighted by atomic mass is 10.1. The SMILES string of the molecule is CCc1ccc(Oc2cccc(Cl)c2CNC)c(OC)c1. The van der Waals surface area contributed by atoms with Crippen molar-refractivity contribution in [1.82, 2.24) is 5.32 Å². The molecule has 1 N–H and O–H groups in total. The molecule has 0 amide bonds. The van der Waals surface area contributed by atoms with Crippen LogP contribution >= 0.6 is 11.6 Å². The highest BCUT2D eigenvalue weighted by Gasteiger charge is 2.11. The molecule has 0 spiro atoms. The molecular weight excluding hydrogens is 286 g/mol. The zero-order valence-electron chi connectivity index (χ0n) is 12.6. The van der Waals surface area contributed by atoms with E-state index in [4.69, 9.17) is 21.1 Å². The first-order chi connectivity index (χ1) is 10.2. The summed E-state index contributed by atoms with van der Waals surface area (Å²) >= 11 is 6.24. The van der Waals surface area contributed by atoms with Crippen LogP contribution in [-0.2, 0) is 13.0 Å². The Bertz CT molecular complexity index is 614. The summed E-state index contributed by atoms with van der Waals surface area (Å²) in [7, 11) is 3.53. The summed E-state index contributed by atoms with van der Waals surface area (Å²) in [5.74, 6) is 2.15. The third kappa shape index (κ3) is 3.69. The lowest BCUT2D eigenvalue weighted by molar-refractivity contribution is 0.377. The molecule has 0 unspecified atom stereocenters. The Morgan fingerprint density at radius 3 is 2.57 bits per heavy atom. The molecule has 2 aromatic carbocycles. The maximum atomic E-state index is 6.24. The third-order valence-electron chi connectivity index (χ3n) is 3.29. The molecule has 2 aromatic rings. The van der Waals surface area contributed by atoms with Gasteiger partial charge in [-0.1, -0.05) is 30.7 Å². The van der Waals surface area contributed by atoms with Gasteiger partial charge in [-0.15, -0.1) is 0 Å². The van der Waals surface area contributed by atoms with Gasteiger partial charge >= 0.3 is 0 Å². The fraction of sp³-hybridized carbons (Fsp3) is 0.294. The molecule has 0 heterocycles. The van der Waals surface area contributed by atoms with Crippen LogP contribution in [0.25, 0.3) is 0 Å². The van der Waals surface area contributed by atoms with Crippen LogP contribution in [0.1, 0.15) is 18.1 Å². The smallest absolute Gasteiger partial charge is 0.169 e. The van der Waals surface area contributed by atoms with E-state index in [1.54, 1.807) is 7.11 Å². The minimum absolute atomic E-state index is 0.643. The van der Waals surface area contributed by atoms with Crippen molar-refractivity contribution in [1.29, 1.82) is 0 Å². The molecule has 0 bridgehead atoms. The van der Waals surface area contributed by atoms with Crippen LogP contribution in [0.2, 0.25) is 5.02 Å². The number of aryl methyl sites for hydroxylation is 1. The van der Waals surface area contributed by atoms with Crippen LogP contribution in [0.5, 0.6) is 17.2 Å². The summed E-state index contributed by atoms with van der Waals surface area (Å²) in [6.45, 7) is 2.75. The van der Waals surface area contributed by atoms with E-state index in [2.05, 4.69) is 12.2 Å². The van der Waals surface area contributed by atoms with Gasteiger partial charge in [-0.25, -0.2) is 0 Å². The molecule has 0 aromatic heterocycles. The van der Waals surface area contributed by atoms with Gasteiger partial charge in [0, 0.05) is 17.1 Å². The molecule has 0 radical (unpaired) electrons. The van der Waals surface area contributed by atoms with E-state index in [1.807, 2.05) is 43.4 Å². The van der Waals surface area contributed by atoms with Gasteiger partial charge in [0.25, 0.3) is 0 Å². The second-order valence-electron chi connectivity index (χ2n) is 4.69. The van der Waals surface area contributed by atoms with Gasteiger partial charge in [0.1, 0.15) is 5.75 Å². The Labute approximate surface area is 130 Å². The lowest BCUT2D eigenvalue weighted by Gasteiger charge is -2.15. The summed E-state index contributed by atoms with van der Waals surface area (Å²) in [6.07, 6.45) is 0.957. The maximum absolute atomic E-state index is 6.24. The molecule has 0 aliphatic heterocycles. The normalized spacial score (nSPS) is 10.5. The number of ether oxygens (including phenoxy) is 2. The number of benzene rings is 2. The predicted octanol–water partition coefficient (Wildman–Crippen LogP) is 4.42. The number of methoxy groups -OCH3 is 1. The minimum atomic E-state index is 0.643. The summed E-state index contributed by atoms with van der Waals surface area (Å²) in [5, 5.41) is 3.79. The van der Waals surface area contributed by atoms with Crippen molar-refractivity contribution < 1.29 is 9.47 Å². The molecule has 21 heavy (non-hydrogen) atoms. The second kappa shape index (κ2) is 7.34. The van der Waals surface area contributed by atoms with Gasteiger partial charge in [-0.3, -0.25) is 0 Å². The van der Waals surface area contributed by atoms with Crippen molar-refractivity contribution in [3.8, 4) is 17.2 Å². The van der Waals surface area contributed by atoms with E-state index in [1.165, 1.54) is 5.56 Å². The van der Waals surface area contributed by atoms with E-state index < -0.39 is 0 Å². The zero-order chi connectivity index (χ0) is 15.2. The fourth-order valence-corrected chi connectivity index (χ4v) is 2.35. The zero-order valence-corrected chi connectivity index (χ0v) is 13.3. The highest BCUT2D eigenvalue weighted by atomic mass is 35.5. The molecule has 0 aliphatic rings. The molecule has 0 aliphatic carbocycles. The van der Waals surface area contributed by atoms with Crippen LogP contribution in [-0.4, -0.2) is 14.2 Å². The second-order valence-corrected chi connectivity index (χ2v) is 5.09. The van der Waals surface area contributed by atoms with Gasteiger partial charge in [0.2, 0.25) is 0 Å². The molecule has 0 saturated heterocycles. The first kappa shape index (κ1) is 15.7. The minimum Gasteiger partial charge on any atom is -0.493 e. The molecule has 3 nitrogen and oxygen atoms in total. The monoisotopic (exact) mass is 305 g/mol. The number of nitrogens with one attached hydrogen (secondary N) is 1. The van der Waals surface area contributed by atoms with Crippen molar-refractivity contribution in [2.45, 2.75) is 19.9 Å². The fourth-order valence-electron chi connectivity index (χ4n) is 2.12. The number of halogens is 1. The Kier molecular flexibility index (Phi) is 5.48.